The van der Waals surface area contributed by atoms with Crippen LogP contribution in [-0.4, -0.2) is 34.6 Å². The number of carbonyl (C=O) groups excluding carboxylic acids is 2. The molecule has 0 aliphatic heterocycles. The summed E-state index contributed by atoms with van der Waals surface area (Å²) in [7, 11) is -0.209. The quantitative estimate of drug-likeness (QED) is 0.104. The van der Waals surface area contributed by atoms with Crippen molar-refractivity contribution >= 4 is 29.7 Å². The van der Waals surface area contributed by atoms with E-state index in [1.807, 2.05) is 66.7 Å². The van der Waals surface area contributed by atoms with E-state index in [1.165, 1.54) is 0 Å². The predicted octanol–water partition coefficient (Wildman–Crippen LogP) is 10.8. The summed E-state index contributed by atoms with van der Waals surface area (Å²) in [5, 5.41) is 15.3. The van der Waals surface area contributed by atoms with Crippen molar-refractivity contribution in [1.82, 2.24) is 4.57 Å². The van der Waals surface area contributed by atoms with Gasteiger partial charge in [-0.25, -0.2) is 0 Å². The van der Waals surface area contributed by atoms with Crippen molar-refractivity contribution in [3.05, 3.63) is 147 Å². The third-order valence-electron chi connectivity index (χ3n) is 11.3. The van der Waals surface area contributed by atoms with Crippen LogP contribution in [0.4, 0.5) is 0 Å². The first-order valence-electron chi connectivity index (χ1n) is 19.4. The van der Waals surface area contributed by atoms with Gasteiger partial charge in [0.05, 0.1) is 35.1 Å². The number of aromatic nitrogens is 1. The van der Waals surface area contributed by atoms with Crippen molar-refractivity contribution in [1.29, 1.82) is 0 Å². The number of rotatable bonds is 14. The molecule has 276 valence electrons. The zero-order chi connectivity index (χ0) is 38.0. The van der Waals surface area contributed by atoms with Gasteiger partial charge < -0.3 is 14.1 Å². The molecule has 2 heterocycles. The molecule has 0 saturated heterocycles. The molecule has 4 aromatic carbocycles. The molecule has 2 aromatic heterocycles. The average Bonchev–Trinajstić information content (AvgIpc) is 3.62. The Morgan fingerprint density at radius 3 is 1.80 bits per heavy atom. The molecule has 6 aromatic rings. The van der Waals surface area contributed by atoms with E-state index in [1.54, 1.807) is 35.9 Å². The maximum atomic E-state index is 14.7. The van der Waals surface area contributed by atoms with Crippen molar-refractivity contribution in [3.63, 3.8) is 0 Å². The number of nitrogens with zero attached hydrogens (tertiary/aromatic N) is 1. The fourth-order valence-electron chi connectivity index (χ4n) is 8.47. The van der Waals surface area contributed by atoms with Crippen LogP contribution in [0.25, 0.3) is 33.4 Å². The number of hydrogen-bond acceptors (Lipinski definition) is 5. The van der Waals surface area contributed by atoms with Crippen LogP contribution >= 0.6 is 7.26 Å². The van der Waals surface area contributed by atoms with E-state index in [2.05, 4.69) is 32.9 Å². The average molecular weight is 738 g/mol. The van der Waals surface area contributed by atoms with E-state index in [0.717, 1.165) is 73.7 Å². The van der Waals surface area contributed by atoms with E-state index in [4.69, 9.17) is 4.42 Å². The molecule has 1 atom stereocenters. The highest BCUT2D eigenvalue weighted by Gasteiger charge is 2.48. The Morgan fingerprint density at radius 1 is 0.630 bits per heavy atom. The molecule has 0 N–H and O–H groups in total. The highest BCUT2D eigenvalue weighted by atomic mass is 31.2. The lowest BCUT2D eigenvalue weighted by atomic mass is 9.84. The van der Waals surface area contributed by atoms with Crippen LogP contribution in [0.3, 0.4) is 0 Å². The van der Waals surface area contributed by atoms with Gasteiger partial charge >= 0.3 is 0 Å². The number of hydrogen-bond donors (Lipinski definition) is 0. The van der Waals surface area contributed by atoms with Crippen molar-refractivity contribution < 1.29 is 19.1 Å². The molecule has 1 unspecified atom stereocenters. The zero-order valence-electron chi connectivity index (χ0n) is 31.7. The Labute approximate surface area is 318 Å². The first-order chi connectivity index (χ1) is 26.3. The maximum absolute atomic E-state index is 14.7. The van der Waals surface area contributed by atoms with Crippen molar-refractivity contribution in [2.75, 3.05) is 18.5 Å². The molecule has 0 radical (unpaired) electrons. The summed E-state index contributed by atoms with van der Waals surface area (Å²) in [6.45, 7) is 6.64. The largest absolute Gasteiger partial charge is 0.872 e. The van der Waals surface area contributed by atoms with Crippen LogP contribution in [0.5, 0.6) is 5.75 Å². The van der Waals surface area contributed by atoms with E-state index >= 15 is 0 Å². The van der Waals surface area contributed by atoms with Gasteiger partial charge in [-0.1, -0.05) is 143 Å². The Bertz CT molecular complexity index is 2370. The smallest absolute Gasteiger partial charge is 0.257 e. The van der Waals surface area contributed by atoms with Crippen molar-refractivity contribution in [2.45, 2.75) is 65.0 Å². The highest BCUT2D eigenvalue weighted by molar-refractivity contribution is 7.76. The topological polar surface area (TPSA) is 92.3 Å². The molecule has 0 saturated carbocycles. The Hall–Kier alpha value is -5.06. The molecule has 0 amide bonds. The second-order valence-corrected chi connectivity index (χ2v) is 19.0. The summed E-state index contributed by atoms with van der Waals surface area (Å²) >= 11 is 0. The predicted molar refractivity (Wildman–Crippen MR) is 220 cm³/mol. The van der Waals surface area contributed by atoms with Gasteiger partial charge in [0.1, 0.15) is 11.4 Å². The van der Waals surface area contributed by atoms with Gasteiger partial charge in [-0.15, -0.1) is 0 Å². The summed E-state index contributed by atoms with van der Waals surface area (Å²) < 4.78 is 8.05. The summed E-state index contributed by atoms with van der Waals surface area (Å²) in [5.41, 5.74) is 4.44. The van der Waals surface area contributed by atoms with E-state index < -0.39 is 7.26 Å². The lowest BCUT2D eigenvalue weighted by Gasteiger charge is -2.38. The number of benzene rings is 4. The third-order valence-corrected chi connectivity index (χ3v) is 16.6. The fourth-order valence-corrected chi connectivity index (χ4v) is 14.3. The first kappa shape index (κ1) is 37.3. The van der Waals surface area contributed by atoms with Crippen LogP contribution in [0, 0.1) is 0 Å². The van der Waals surface area contributed by atoms with Gasteiger partial charge in [-0.05, 0) is 41.8 Å². The van der Waals surface area contributed by atoms with Crippen molar-refractivity contribution in [2.24, 2.45) is 7.05 Å². The lowest BCUT2D eigenvalue weighted by Crippen LogP contribution is -2.29. The molecular weight excluding hydrogens is 689 g/mol. The number of unbranched alkanes of at least 4 members (excludes halogenated alkanes) is 3. The molecule has 1 aliphatic carbocycles. The Balaban J connectivity index is 1.47. The van der Waals surface area contributed by atoms with E-state index in [9.17, 15) is 19.5 Å². The van der Waals surface area contributed by atoms with Gasteiger partial charge in [0.15, 0.2) is 11.5 Å². The third kappa shape index (κ3) is 6.45. The summed E-state index contributed by atoms with van der Waals surface area (Å²) in [6, 6.07) is 32.0. The normalized spacial score (nSPS) is 13.3. The maximum Gasteiger partial charge on any atom is 0.257 e. The number of para-hydroxylation sites is 1. The number of ketones is 2. The molecule has 7 heteroatoms. The van der Waals surface area contributed by atoms with E-state index in [-0.39, 0.29) is 39.9 Å². The van der Waals surface area contributed by atoms with E-state index in [0.29, 0.717) is 38.9 Å². The number of carbonyl (C=O) groups is 2. The van der Waals surface area contributed by atoms with Crippen LogP contribution < -0.4 is 10.7 Å². The molecule has 6 nitrogen and oxygen atoms in total. The summed E-state index contributed by atoms with van der Waals surface area (Å²) in [4.78, 5) is 42.6. The Morgan fingerprint density at radius 2 is 1.19 bits per heavy atom. The fraction of sp³-hybridized carbons (Fsp3) is 0.298. The lowest BCUT2D eigenvalue weighted by molar-refractivity contribution is -0.267. The number of fused-ring (bicyclic) bond motifs is 3. The van der Waals surface area contributed by atoms with Crippen LogP contribution in [0.2, 0.25) is 0 Å². The molecule has 0 spiro atoms. The minimum absolute atomic E-state index is 0.0498. The molecule has 7 rings (SSSR count). The number of aryl methyl sites for hydroxylation is 1. The minimum Gasteiger partial charge on any atom is -0.872 e. The van der Waals surface area contributed by atoms with Gasteiger partial charge in [0.25, 0.3) is 5.56 Å². The van der Waals surface area contributed by atoms with Gasteiger partial charge in [-0.2, -0.15) is 0 Å². The van der Waals surface area contributed by atoms with Crippen LogP contribution in [0.15, 0.2) is 112 Å². The molecule has 1 aliphatic rings. The van der Waals surface area contributed by atoms with Crippen LogP contribution in [0.1, 0.15) is 108 Å². The summed E-state index contributed by atoms with van der Waals surface area (Å²) in [6.07, 6.45) is 9.25. The molecule has 0 bridgehead atoms. The molecule has 0 fully saturated rings. The van der Waals surface area contributed by atoms with Gasteiger partial charge in [-0.3, -0.25) is 14.4 Å². The SMILES string of the molecule is CCCC[P+](CCCC)(CCCC)C(c1ccc(-c2c(-c3ccccc3)oc3c2C(=O)c2ccccc2C3=O)cc1)c1c([O-])c2ccccc2n(C)c1=O. The Kier molecular flexibility index (Phi) is 10.9. The highest BCUT2D eigenvalue weighted by Crippen LogP contribution is 2.73. The molecular formula is C47H48NO5P. The monoisotopic (exact) mass is 737 g/mol. The molecule has 54 heavy (non-hydrogen) atoms. The second kappa shape index (κ2) is 15.7. The zero-order valence-corrected chi connectivity index (χ0v) is 32.6. The van der Waals surface area contributed by atoms with Crippen LogP contribution in [-0.2, 0) is 7.05 Å². The number of pyridine rings is 1. The number of furan rings is 1. The standard InChI is InChI=1S/C47H48NO5P/c1-5-8-28-54(29-9-6-2,30-10-7-3)46(40-42(50)36-22-16-17-23-37(36)48(4)47(40)52)33-26-24-31(25-27-33)38-39-41(49)34-20-14-15-21-35(34)43(51)45(39)53-44(38)32-18-12-11-13-19-32/h11-27,46H,5-10,28-30H2,1-4H3. The second-order valence-electron chi connectivity index (χ2n) is 14.7. The van der Waals surface area contributed by atoms with Gasteiger partial charge in [0.2, 0.25) is 5.78 Å². The first-order valence-corrected chi connectivity index (χ1v) is 21.8. The summed E-state index contributed by atoms with van der Waals surface area (Å²) in [5.74, 6) is -0.223. The van der Waals surface area contributed by atoms with Gasteiger partial charge in [0, 0.05) is 36.6 Å². The minimum atomic E-state index is -1.99. The van der Waals surface area contributed by atoms with Crippen molar-refractivity contribution in [3.8, 4) is 28.2 Å².